The molecule has 0 aromatic heterocycles. The number of alkyl halides is 1. The lowest BCUT2D eigenvalue weighted by molar-refractivity contribution is 0.0989. The van der Waals surface area contributed by atoms with Gasteiger partial charge in [0, 0.05) is 17.3 Å². The molecule has 0 spiro atoms. The number of ketones is 1. The van der Waals surface area contributed by atoms with Crippen molar-refractivity contribution in [2.75, 3.05) is 5.33 Å². The van der Waals surface area contributed by atoms with E-state index in [9.17, 15) is 4.79 Å². The van der Waals surface area contributed by atoms with E-state index in [1.54, 1.807) is 0 Å². The third-order valence-electron chi connectivity index (χ3n) is 2.33. The number of carbonyl (C=O) groups excluding carboxylic acids is 1. The molecule has 0 aliphatic carbocycles. The molecule has 0 radical (unpaired) electrons. The summed E-state index contributed by atoms with van der Waals surface area (Å²) in [4.78, 5) is 11.7. The topological polar surface area (TPSA) is 17.1 Å². The molecule has 0 N–H and O–H groups in total. The lowest BCUT2D eigenvalue weighted by Gasteiger charge is -2.05. The molecular formula is C12H15BrO. The summed E-state index contributed by atoms with van der Waals surface area (Å²) >= 11 is 3.29. The summed E-state index contributed by atoms with van der Waals surface area (Å²) in [6.45, 7) is 4.09. The smallest absolute Gasteiger partial charge is 0.163 e. The maximum absolute atomic E-state index is 11.7. The van der Waals surface area contributed by atoms with Crippen LogP contribution in [0.1, 0.15) is 34.8 Å². The van der Waals surface area contributed by atoms with Gasteiger partial charge in [0.15, 0.2) is 5.78 Å². The maximum atomic E-state index is 11.7. The third kappa shape index (κ3) is 2.68. The zero-order valence-electron chi connectivity index (χ0n) is 8.64. The number of Topliss-reactive ketones (excluding diaryl/α,β-unsaturated/α-hetero) is 1. The van der Waals surface area contributed by atoms with Gasteiger partial charge < -0.3 is 0 Å². The first-order chi connectivity index (χ1) is 6.69. The summed E-state index contributed by atoms with van der Waals surface area (Å²) in [5, 5.41) is 0.738. The van der Waals surface area contributed by atoms with Crippen LogP contribution >= 0.6 is 15.9 Å². The average molecular weight is 255 g/mol. The molecule has 0 amide bonds. The highest BCUT2D eigenvalue weighted by molar-refractivity contribution is 9.09. The first-order valence-corrected chi connectivity index (χ1v) is 6.00. The second-order valence-corrected chi connectivity index (χ2v) is 4.16. The molecule has 0 saturated carbocycles. The molecule has 0 bridgehead atoms. The van der Waals surface area contributed by atoms with Crippen LogP contribution in [0.25, 0.3) is 0 Å². The SMILES string of the molecule is CCc1ccc(C)c(C(=O)CCBr)c1. The van der Waals surface area contributed by atoms with Crippen molar-refractivity contribution in [3.05, 3.63) is 34.9 Å². The van der Waals surface area contributed by atoms with Crippen LogP contribution in [0.3, 0.4) is 0 Å². The third-order valence-corrected chi connectivity index (χ3v) is 2.73. The second kappa shape index (κ2) is 5.30. The Labute approximate surface area is 93.7 Å². The number of halogens is 1. The van der Waals surface area contributed by atoms with Gasteiger partial charge in [0.25, 0.3) is 0 Å². The molecule has 1 aromatic carbocycles. The highest BCUT2D eigenvalue weighted by Crippen LogP contribution is 2.14. The fraction of sp³-hybridized carbons (Fsp3) is 0.417. The van der Waals surface area contributed by atoms with Gasteiger partial charge in [0.1, 0.15) is 0 Å². The maximum Gasteiger partial charge on any atom is 0.163 e. The zero-order valence-corrected chi connectivity index (χ0v) is 10.2. The Hall–Kier alpha value is -0.630. The van der Waals surface area contributed by atoms with Gasteiger partial charge in [-0.25, -0.2) is 0 Å². The first kappa shape index (κ1) is 11.4. The van der Waals surface area contributed by atoms with Gasteiger partial charge in [0.2, 0.25) is 0 Å². The van der Waals surface area contributed by atoms with Gasteiger partial charge in [-0.15, -0.1) is 0 Å². The predicted octanol–water partition coefficient (Wildman–Crippen LogP) is 3.53. The highest BCUT2D eigenvalue weighted by Gasteiger charge is 2.08. The molecule has 2 heteroatoms. The summed E-state index contributed by atoms with van der Waals surface area (Å²) in [7, 11) is 0. The monoisotopic (exact) mass is 254 g/mol. The van der Waals surface area contributed by atoms with E-state index in [2.05, 4.69) is 28.9 Å². The Bertz CT molecular complexity index is 331. The van der Waals surface area contributed by atoms with Crippen LogP contribution in [0.2, 0.25) is 0 Å². The van der Waals surface area contributed by atoms with Gasteiger partial charge >= 0.3 is 0 Å². The quantitative estimate of drug-likeness (QED) is 0.594. The molecule has 0 aliphatic rings. The summed E-state index contributed by atoms with van der Waals surface area (Å²) in [5.41, 5.74) is 3.19. The Balaban J connectivity index is 2.99. The van der Waals surface area contributed by atoms with Crippen molar-refractivity contribution in [3.63, 3.8) is 0 Å². The Morgan fingerprint density at radius 2 is 2.14 bits per heavy atom. The van der Waals surface area contributed by atoms with Crippen LogP contribution in [0.4, 0.5) is 0 Å². The predicted molar refractivity (Wildman–Crippen MR) is 63.3 cm³/mol. The molecule has 1 rings (SSSR count). The highest BCUT2D eigenvalue weighted by atomic mass is 79.9. The van der Waals surface area contributed by atoms with Crippen molar-refractivity contribution < 1.29 is 4.79 Å². The van der Waals surface area contributed by atoms with E-state index in [-0.39, 0.29) is 5.78 Å². The molecular weight excluding hydrogens is 240 g/mol. The summed E-state index contributed by atoms with van der Waals surface area (Å²) in [6.07, 6.45) is 1.56. The molecule has 0 atom stereocenters. The summed E-state index contributed by atoms with van der Waals surface area (Å²) in [5.74, 6) is 0.231. The second-order valence-electron chi connectivity index (χ2n) is 3.36. The Morgan fingerprint density at radius 1 is 1.43 bits per heavy atom. The van der Waals surface area contributed by atoms with E-state index in [1.165, 1.54) is 5.56 Å². The van der Waals surface area contributed by atoms with E-state index in [0.29, 0.717) is 6.42 Å². The van der Waals surface area contributed by atoms with E-state index < -0.39 is 0 Å². The summed E-state index contributed by atoms with van der Waals surface area (Å²) in [6, 6.07) is 6.13. The van der Waals surface area contributed by atoms with Crippen molar-refractivity contribution in [2.45, 2.75) is 26.7 Å². The summed E-state index contributed by atoms with van der Waals surface area (Å²) < 4.78 is 0. The first-order valence-electron chi connectivity index (χ1n) is 4.87. The molecule has 0 heterocycles. The molecule has 1 nitrogen and oxygen atoms in total. The van der Waals surface area contributed by atoms with E-state index in [0.717, 1.165) is 22.9 Å². The molecule has 14 heavy (non-hydrogen) atoms. The van der Waals surface area contributed by atoms with Crippen LogP contribution in [0, 0.1) is 6.92 Å². The molecule has 0 unspecified atom stereocenters. The van der Waals surface area contributed by atoms with Crippen molar-refractivity contribution >= 4 is 21.7 Å². The van der Waals surface area contributed by atoms with E-state index >= 15 is 0 Å². The lowest BCUT2D eigenvalue weighted by Crippen LogP contribution is -2.03. The minimum absolute atomic E-state index is 0.231. The fourth-order valence-corrected chi connectivity index (χ4v) is 1.77. The standard InChI is InChI=1S/C12H15BrO/c1-3-10-5-4-9(2)11(8-10)12(14)6-7-13/h4-5,8H,3,6-7H2,1-2H3. The average Bonchev–Trinajstić information content (AvgIpc) is 2.19. The van der Waals surface area contributed by atoms with Gasteiger partial charge in [-0.1, -0.05) is 35.0 Å². The number of hydrogen-bond acceptors (Lipinski definition) is 1. The minimum atomic E-state index is 0.231. The molecule has 76 valence electrons. The number of hydrogen-bond donors (Lipinski definition) is 0. The van der Waals surface area contributed by atoms with Crippen LogP contribution < -0.4 is 0 Å². The van der Waals surface area contributed by atoms with Crippen LogP contribution in [0.5, 0.6) is 0 Å². The van der Waals surface area contributed by atoms with Crippen molar-refractivity contribution in [3.8, 4) is 0 Å². The van der Waals surface area contributed by atoms with E-state index in [4.69, 9.17) is 0 Å². The van der Waals surface area contributed by atoms with Crippen LogP contribution in [-0.2, 0) is 6.42 Å². The lowest BCUT2D eigenvalue weighted by atomic mass is 9.99. The number of aryl methyl sites for hydroxylation is 2. The molecule has 1 aromatic rings. The Morgan fingerprint density at radius 3 is 2.71 bits per heavy atom. The normalized spacial score (nSPS) is 10.2. The van der Waals surface area contributed by atoms with Gasteiger partial charge in [-0.3, -0.25) is 4.79 Å². The van der Waals surface area contributed by atoms with Gasteiger partial charge in [0.05, 0.1) is 0 Å². The number of rotatable bonds is 4. The zero-order chi connectivity index (χ0) is 10.6. The molecule has 0 saturated heterocycles. The van der Waals surface area contributed by atoms with Gasteiger partial charge in [-0.05, 0) is 30.5 Å². The molecule has 0 fully saturated rings. The van der Waals surface area contributed by atoms with E-state index in [1.807, 2.05) is 19.1 Å². The van der Waals surface area contributed by atoms with Crippen molar-refractivity contribution in [1.29, 1.82) is 0 Å². The van der Waals surface area contributed by atoms with Crippen LogP contribution in [0.15, 0.2) is 18.2 Å². The van der Waals surface area contributed by atoms with Gasteiger partial charge in [-0.2, -0.15) is 0 Å². The van der Waals surface area contributed by atoms with Crippen molar-refractivity contribution in [1.82, 2.24) is 0 Å². The van der Waals surface area contributed by atoms with Crippen LogP contribution in [-0.4, -0.2) is 11.1 Å². The number of carbonyl (C=O) groups is 1. The minimum Gasteiger partial charge on any atom is -0.294 e. The molecule has 0 aliphatic heterocycles. The largest absolute Gasteiger partial charge is 0.294 e. The number of benzene rings is 1. The fourth-order valence-electron chi connectivity index (χ4n) is 1.41. The van der Waals surface area contributed by atoms with Crippen molar-refractivity contribution in [2.24, 2.45) is 0 Å². The Kier molecular flexibility index (Phi) is 4.33.